The highest BCUT2D eigenvalue weighted by molar-refractivity contribution is 8.15. The number of thioether (sulfide) groups is 2. The lowest BCUT2D eigenvalue weighted by atomic mass is 9.90. The number of halogens is 2. The zero-order chi connectivity index (χ0) is 32.5. The predicted octanol–water partition coefficient (Wildman–Crippen LogP) is 8.39. The molecule has 2 atom stereocenters. The van der Waals surface area contributed by atoms with Crippen LogP contribution in [0.4, 0.5) is 9.59 Å². The van der Waals surface area contributed by atoms with Gasteiger partial charge in [-0.3, -0.25) is 29.8 Å². The van der Waals surface area contributed by atoms with Crippen LogP contribution in [0.2, 0.25) is 10.0 Å². The maximum absolute atomic E-state index is 11.6. The number of amides is 4. The first-order chi connectivity index (χ1) is 22.2. The number of imide groups is 2. The van der Waals surface area contributed by atoms with Gasteiger partial charge in [-0.2, -0.15) is 0 Å². The van der Waals surface area contributed by atoms with E-state index in [0.717, 1.165) is 34.7 Å². The molecule has 0 spiro atoms. The molecule has 0 bridgehead atoms. The average molecular weight is 708 g/mol. The van der Waals surface area contributed by atoms with Crippen molar-refractivity contribution in [2.24, 2.45) is 11.8 Å². The Kier molecular flexibility index (Phi) is 13.0. The summed E-state index contributed by atoms with van der Waals surface area (Å²) in [7, 11) is 0. The predicted molar refractivity (Wildman–Crippen MR) is 184 cm³/mol. The molecule has 4 aliphatic rings. The molecule has 0 radical (unpaired) electrons. The molecule has 2 heterocycles. The van der Waals surface area contributed by atoms with Gasteiger partial charge in [0.1, 0.15) is 11.5 Å². The fraction of sp³-hybridized carbons (Fsp3) is 0.529. The second-order valence-electron chi connectivity index (χ2n) is 12.3. The van der Waals surface area contributed by atoms with Gasteiger partial charge in [0.2, 0.25) is 11.8 Å². The molecule has 2 saturated heterocycles. The minimum Gasteiger partial charge on any atom is -0.492 e. The number of hydrogen-bond donors (Lipinski definition) is 2. The Morgan fingerprint density at radius 1 is 0.609 bits per heavy atom. The standard InChI is InChI=1S/2C17H20ClNO3S/c2*18-13-8-12(9-15-16(20)19-17(21)23-15)6-7-14(13)22-10-11-4-2-1-3-5-11/h2*6-8,11,15H,1-5,9-10H2,(H,19,20,21). The van der Waals surface area contributed by atoms with E-state index in [2.05, 4.69) is 10.6 Å². The lowest BCUT2D eigenvalue weighted by Crippen LogP contribution is -2.25. The van der Waals surface area contributed by atoms with Crippen LogP contribution in [0.25, 0.3) is 0 Å². The summed E-state index contributed by atoms with van der Waals surface area (Å²) in [5, 5.41) is 4.43. The smallest absolute Gasteiger partial charge is 0.286 e. The summed E-state index contributed by atoms with van der Waals surface area (Å²) in [6.07, 6.45) is 13.8. The minimum atomic E-state index is -0.368. The second-order valence-corrected chi connectivity index (χ2v) is 15.5. The van der Waals surface area contributed by atoms with Crippen LogP contribution < -0.4 is 20.1 Å². The first kappa shape index (κ1) is 34.9. The van der Waals surface area contributed by atoms with Crippen LogP contribution in [0, 0.1) is 11.8 Å². The Hall–Kier alpha value is -2.40. The van der Waals surface area contributed by atoms with Crippen LogP contribution in [0.1, 0.15) is 75.3 Å². The van der Waals surface area contributed by atoms with Gasteiger partial charge in [-0.15, -0.1) is 0 Å². The van der Waals surface area contributed by atoms with E-state index >= 15 is 0 Å². The lowest BCUT2D eigenvalue weighted by Gasteiger charge is -2.22. The molecule has 2 saturated carbocycles. The van der Waals surface area contributed by atoms with E-state index in [1.54, 1.807) is 0 Å². The fourth-order valence-electron chi connectivity index (χ4n) is 6.18. The van der Waals surface area contributed by atoms with Gasteiger partial charge in [0.25, 0.3) is 10.5 Å². The quantitative estimate of drug-likeness (QED) is 0.254. The minimum absolute atomic E-state index is 0.228. The molecule has 4 fully saturated rings. The van der Waals surface area contributed by atoms with Crippen molar-refractivity contribution >= 4 is 69.0 Å². The van der Waals surface area contributed by atoms with Crippen LogP contribution in [-0.2, 0) is 22.4 Å². The van der Waals surface area contributed by atoms with E-state index in [4.69, 9.17) is 32.7 Å². The maximum atomic E-state index is 11.6. The number of nitrogens with one attached hydrogen (secondary N) is 2. The summed E-state index contributed by atoms with van der Waals surface area (Å²) in [5.74, 6) is 2.19. The second kappa shape index (κ2) is 17.1. The molecule has 2 N–H and O–H groups in total. The van der Waals surface area contributed by atoms with Crippen LogP contribution in [0.3, 0.4) is 0 Å². The summed E-state index contributed by atoms with van der Waals surface area (Å²) in [4.78, 5) is 45.6. The first-order valence-corrected chi connectivity index (χ1v) is 18.6. The average Bonchev–Trinajstić information content (AvgIpc) is 3.54. The Balaban J connectivity index is 0.000000181. The Labute approximate surface area is 288 Å². The van der Waals surface area contributed by atoms with E-state index in [0.29, 0.717) is 59.4 Å². The molecule has 8 nitrogen and oxygen atoms in total. The van der Waals surface area contributed by atoms with Crippen molar-refractivity contribution < 1.29 is 28.7 Å². The van der Waals surface area contributed by atoms with Crippen molar-refractivity contribution in [1.82, 2.24) is 10.6 Å². The number of hydrogen-bond acceptors (Lipinski definition) is 8. The van der Waals surface area contributed by atoms with Crippen molar-refractivity contribution in [2.75, 3.05) is 13.2 Å². The maximum Gasteiger partial charge on any atom is 0.286 e. The molecule has 6 rings (SSSR count). The van der Waals surface area contributed by atoms with Crippen molar-refractivity contribution in [3.8, 4) is 11.5 Å². The highest BCUT2D eigenvalue weighted by atomic mass is 35.5. The summed E-state index contributed by atoms with van der Waals surface area (Å²) in [5.41, 5.74) is 1.87. The van der Waals surface area contributed by atoms with Gasteiger partial charge in [-0.05, 0) is 85.8 Å². The molecular weight excluding hydrogens is 667 g/mol. The molecular formula is C34H40Cl2N2O6S2. The zero-order valence-electron chi connectivity index (χ0n) is 25.7. The molecule has 4 amide bonds. The molecule has 2 unspecified atom stereocenters. The number of carbonyl (C=O) groups is 4. The third-order valence-electron chi connectivity index (χ3n) is 8.77. The first-order valence-electron chi connectivity index (χ1n) is 16.1. The van der Waals surface area contributed by atoms with E-state index in [9.17, 15) is 19.2 Å². The monoisotopic (exact) mass is 706 g/mol. The van der Waals surface area contributed by atoms with Gasteiger partial charge in [-0.25, -0.2) is 0 Å². The third-order valence-corrected chi connectivity index (χ3v) is 11.3. The van der Waals surface area contributed by atoms with Gasteiger partial charge in [0.15, 0.2) is 0 Å². The summed E-state index contributed by atoms with van der Waals surface area (Å²) < 4.78 is 11.7. The van der Waals surface area contributed by atoms with Gasteiger partial charge in [0.05, 0.1) is 33.8 Å². The summed E-state index contributed by atoms with van der Waals surface area (Å²) >= 11 is 14.7. The number of ether oxygens (including phenoxy) is 2. The normalized spacial score (nSPS) is 22.2. The highest BCUT2D eigenvalue weighted by Crippen LogP contribution is 2.32. The van der Waals surface area contributed by atoms with Crippen LogP contribution in [0.15, 0.2) is 36.4 Å². The molecule has 2 aliphatic carbocycles. The Bertz CT molecular complexity index is 1310. The van der Waals surface area contributed by atoms with E-state index in [1.165, 1.54) is 64.2 Å². The lowest BCUT2D eigenvalue weighted by molar-refractivity contribution is -0.119. The van der Waals surface area contributed by atoms with E-state index in [1.807, 2.05) is 36.4 Å². The van der Waals surface area contributed by atoms with Gasteiger partial charge in [-0.1, -0.05) is 97.4 Å². The van der Waals surface area contributed by atoms with E-state index in [-0.39, 0.29) is 32.8 Å². The summed E-state index contributed by atoms with van der Waals surface area (Å²) in [6, 6.07) is 11.2. The molecule has 2 aliphatic heterocycles. The topological polar surface area (TPSA) is 111 Å². The number of carbonyl (C=O) groups excluding carboxylic acids is 4. The molecule has 0 aromatic heterocycles. The number of rotatable bonds is 10. The largest absolute Gasteiger partial charge is 0.492 e. The molecule has 248 valence electrons. The fourth-order valence-corrected chi connectivity index (χ4v) is 8.42. The molecule has 2 aromatic carbocycles. The van der Waals surface area contributed by atoms with Crippen molar-refractivity contribution in [1.29, 1.82) is 0 Å². The Morgan fingerprint density at radius 2 is 1.00 bits per heavy atom. The van der Waals surface area contributed by atoms with E-state index < -0.39 is 0 Å². The Morgan fingerprint density at radius 3 is 1.33 bits per heavy atom. The van der Waals surface area contributed by atoms with Crippen molar-refractivity contribution in [2.45, 2.75) is 87.5 Å². The van der Waals surface area contributed by atoms with Crippen LogP contribution in [-0.4, -0.2) is 46.0 Å². The highest BCUT2D eigenvalue weighted by Gasteiger charge is 2.32. The van der Waals surface area contributed by atoms with Crippen molar-refractivity contribution in [3.63, 3.8) is 0 Å². The van der Waals surface area contributed by atoms with Crippen LogP contribution >= 0.6 is 46.7 Å². The van der Waals surface area contributed by atoms with Gasteiger partial charge < -0.3 is 9.47 Å². The summed E-state index contributed by atoms with van der Waals surface area (Å²) in [6.45, 7) is 1.43. The van der Waals surface area contributed by atoms with Gasteiger partial charge >= 0.3 is 0 Å². The van der Waals surface area contributed by atoms with Gasteiger partial charge in [0, 0.05) is 0 Å². The molecule has 2 aromatic rings. The molecule has 46 heavy (non-hydrogen) atoms. The number of benzene rings is 2. The third kappa shape index (κ3) is 10.3. The SMILES string of the molecule is O=C1NC(=O)C(Cc2ccc(OCC3CCCCC3)c(Cl)c2)S1.O=C1NC(=O)C(Cc2ccc(OCC3CCCCC3)c(Cl)c2)S1. The van der Waals surface area contributed by atoms with Crippen molar-refractivity contribution in [3.05, 3.63) is 57.6 Å². The molecule has 12 heteroatoms. The zero-order valence-corrected chi connectivity index (χ0v) is 28.8. The van der Waals surface area contributed by atoms with Crippen LogP contribution in [0.5, 0.6) is 11.5 Å².